The number of hydrogen-bond donors (Lipinski definition) is 0. The van der Waals surface area contributed by atoms with Crippen LogP contribution in [-0.4, -0.2) is 4.57 Å². The molecule has 0 spiro atoms. The lowest BCUT2D eigenvalue weighted by molar-refractivity contribution is -0.670. The van der Waals surface area contributed by atoms with Crippen molar-refractivity contribution >= 4 is 0 Å². The first kappa shape index (κ1) is 22.5. The largest absolute Gasteiger partial charge is 1.00 e. The third-order valence-corrected chi connectivity index (χ3v) is 0.901. The van der Waals surface area contributed by atoms with Gasteiger partial charge >= 0.3 is 0 Å². The molecule has 0 aromatic carbocycles. The quantitative estimate of drug-likeness (QED) is 0.301. The molecule has 0 amide bonds. The Hall–Kier alpha value is -1.07. The van der Waals surface area contributed by atoms with E-state index in [0.29, 0.717) is 0 Å². The molecule has 0 aliphatic rings. The minimum Gasteiger partial charge on any atom is -1.00 e. The molecule has 1 aromatic rings. The highest BCUT2D eigenvalue weighted by atomic mass is 19.0. The number of nitrogens with zero attached hydrogens (tertiary/aromatic N) is 2. The van der Waals surface area contributed by atoms with Crippen molar-refractivity contribution in [3.63, 3.8) is 0 Å². The molecule has 0 bridgehead atoms. The monoisotopic (exact) mass is 176 g/mol. The van der Waals surface area contributed by atoms with Gasteiger partial charge in [0.2, 0.25) is 6.33 Å². The van der Waals surface area contributed by atoms with Gasteiger partial charge in [-0.1, -0.05) is 0 Å². The van der Waals surface area contributed by atoms with Gasteiger partial charge in [0.05, 0.1) is 14.1 Å². The van der Waals surface area contributed by atoms with Crippen molar-refractivity contribution in [2.45, 2.75) is 0 Å². The van der Waals surface area contributed by atoms with E-state index in [-0.39, 0.29) is 18.8 Å². The Kier molecular flexibility index (Phi) is 18.3. The van der Waals surface area contributed by atoms with Crippen LogP contribution < -0.4 is 9.27 Å². The molecule has 0 saturated carbocycles. The molecular weight excluding hydrogens is 164 g/mol. The van der Waals surface area contributed by atoms with Crippen LogP contribution in [0.2, 0.25) is 0 Å². The average Bonchev–Trinajstić information content (AvgIpc) is 1.87. The summed E-state index contributed by atoms with van der Waals surface area (Å²) >= 11 is 0. The highest BCUT2D eigenvalue weighted by Gasteiger charge is 1.87. The third kappa shape index (κ3) is 6.82. The van der Waals surface area contributed by atoms with E-state index in [1.54, 1.807) is 0 Å². The molecule has 0 unspecified atom stereocenters. The number of imidazole rings is 1. The standard InChI is InChI=1S/C5H9N2.4FH/c1-6-3-4-7(2)5-6;;;;/h3-5H,1-2H3;4*1H/q+1;;;;/p-1. The van der Waals surface area contributed by atoms with Crippen molar-refractivity contribution in [1.29, 1.82) is 0 Å². The Bertz CT molecular complexity index is 149. The number of halogens is 4. The van der Waals surface area contributed by atoms with Crippen LogP contribution in [0, 0.1) is 0 Å². The van der Waals surface area contributed by atoms with Crippen LogP contribution in [0.4, 0.5) is 14.1 Å². The van der Waals surface area contributed by atoms with Gasteiger partial charge < -0.3 is 4.70 Å². The second-order valence-corrected chi connectivity index (χ2v) is 1.74. The first-order valence-corrected chi connectivity index (χ1v) is 2.26. The maximum absolute atomic E-state index is 2.00. The summed E-state index contributed by atoms with van der Waals surface area (Å²) in [4.78, 5) is 0. The number of aryl methyl sites for hydroxylation is 2. The molecule has 2 nitrogen and oxygen atoms in total. The maximum atomic E-state index is 2.00. The van der Waals surface area contributed by atoms with Crippen LogP contribution >= 0.6 is 0 Å². The maximum Gasteiger partial charge on any atom is 0.243 e. The van der Waals surface area contributed by atoms with Gasteiger partial charge in [0.15, 0.2) is 0 Å². The average molecular weight is 176 g/mol. The summed E-state index contributed by atoms with van der Waals surface area (Å²) in [6, 6.07) is 0. The van der Waals surface area contributed by atoms with E-state index in [2.05, 4.69) is 0 Å². The Labute approximate surface area is 61.9 Å². The van der Waals surface area contributed by atoms with Gasteiger partial charge in [-0.15, -0.1) is 0 Å². The lowest BCUT2D eigenvalue weighted by atomic mass is 10.9. The highest BCUT2D eigenvalue weighted by molar-refractivity contribution is 4.60. The SMILES string of the molecule is Cn1cc[n+](C)c1.F.F.F.[F-]. The van der Waals surface area contributed by atoms with Crippen LogP contribution in [0.5, 0.6) is 0 Å². The normalized spacial score (nSPS) is 6.00. The van der Waals surface area contributed by atoms with E-state index in [0.717, 1.165) is 0 Å². The van der Waals surface area contributed by atoms with Gasteiger partial charge in [0.1, 0.15) is 12.4 Å². The van der Waals surface area contributed by atoms with E-state index in [1.807, 2.05) is 42.0 Å². The Balaban J connectivity index is -0.0000000612. The first-order chi connectivity index (χ1) is 3.29. The fraction of sp³-hybridized carbons (Fsp3) is 0.400. The molecule has 6 heteroatoms. The Morgan fingerprint density at radius 1 is 1.18 bits per heavy atom. The summed E-state index contributed by atoms with van der Waals surface area (Å²) in [5.41, 5.74) is 0. The fourth-order valence-electron chi connectivity index (χ4n) is 0.575. The summed E-state index contributed by atoms with van der Waals surface area (Å²) in [6.45, 7) is 0. The highest BCUT2D eigenvalue weighted by Crippen LogP contribution is 1.70. The van der Waals surface area contributed by atoms with E-state index < -0.39 is 0 Å². The van der Waals surface area contributed by atoms with Crippen LogP contribution in [0.3, 0.4) is 0 Å². The zero-order chi connectivity index (χ0) is 5.28. The minimum absolute atomic E-state index is 0. The van der Waals surface area contributed by atoms with Crippen LogP contribution in [0.25, 0.3) is 0 Å². The lowest BCUT2D eigenvalue weighted by Crippen LogP contribution is -3.00. The summed E-state index contributed by atoms with van der Waals surface area (Å²) in [7, 11) is 4.00. The van der Waals surface area contributed by atoms with Crippen molar-refractivity contribution in [1.82, 2.24) is 4.57 Å². The molecule has 0 radical (unpaired) electrons. The molecule has 0 aliphatic heterocycles. The second kappa shape index (κ2) is 8.93. The number of hydrogen-bond acceptors (Lipinski definition) is 0. The molecule has 0 N–H and O–H groups in total. The molecule has 1 heterocycles. The molecule has 1 rings (SSSR count). The van der Waals surface area contributed by atoms with E-state index in [4.69, 9.17) is 0 Å². The lowest BCUT2D eigenvalue weighted by Gasteiger charge is -1.72. The molecule has 0 aliphatic carbocycles. The zero-order valence-electron chi connectivity index (χ0n) is 6.23. The summed E-state index contributed by atoms with van der Waals surface area (Å²) in [6.07, 6.45) is 6.00. The van der Waals surface area contributed by atoms with Gasteiger partial charge in [-0.2, -0.15) is 0 Å². The van der Waals surface area contributed by atoms with Crippen molar-refractivity contribution < 1.29 is 23.4 Å². The van der Waals surface area contributed by atoms with Crippen molar-refractivity contribution in [2.75, 3.05) is 0 Å². The van der Waals surface area contributed by atoms with E-state index >= 15 is 0 Å². The molecule has 11 heavy (non-hydrogen) atoms. The predicted molar refractivity (Wildman–Crippen MR) is 34.1 cm³/mol. The second-order valence-electron chi connectivity index (χ2n) is 1.74. The fourth-order valence-corrected chi connectivity index (χ4v) is 0.575. The van der Waals surface area contributed by atoms with Gasteiger partial charge in [0, 0.05) is 0 Å². The van der Waals surface area contributed by atoms with E-state index in [9.17, 15) is 0 Å². The number of rotatable bonds is 0. The minimum atomic E-state index is 0. The summed E-state index contributed by atoms with van der Waals surface area (Å²) in [5, 5.41) is 0. The van der Waals surface area contributed by atoms with Crippen molar-refractivity contribution in [3.8, 4) is 0 Å². The molecular formula is C5H12F4N2. The molecule has 0 fully saturated rings. The Morgan fingerprint density at radius 2 is 1.64 bits per heavy atom. The van der Waals surface area contributed by atoms with Gasteiger partial charge in [-0.3, -0.25) is 14.1 Å². The topological polar surface area (TPSA) is 8.81 Å². The van der Waals surface area contributed by atoms with Gasteiger partial charge in [-0.25, -0.2) is 9.13 Å². The number of aromatic nitrogens is 2. The van der Waals surface area contributed by atoms with E-state index in [1.165, 1.54) is 0 Å². The van der Waals surface area contributed by atoms with Crippen LogP contribution in [-0.2, 0) is 14.1 Å². The summed E-state index contributed by atoms with van der Waals surface area (Å²) in [5.74, 6) is 0. The summed E-state index contributed by atoms with van der Waals surface area (Å²) < 4.78 is 4.00. The van der Waals surface area contributed by atoms with Crippen LogP contribution in [0.1, 0.15) is 0 Å². The van der Waals surface area contributed by atoms with Crippen LogP contribution in [0.15, 0.2) is 18.7 Å². The first-order valence-electron chi connectivity index (χ1n) is 2.26. The smallest absolute Gasteiger partial charge is 0.243 e. The van der Waals surface area contributed by atoms with Gasteiger partial charge in [0.25, 0.3) is 0 Å². The molecule has 1 aromatic heterocycles. The van der Waals surface area contributed by atoms with Crippen molar-refractivity contribution in [3.05, 3.63) is 18.7 Å². The molecule has 0 atom stereocenters. The molecule has 70 valence electrons. The predicted octanol–water partition coefficient (Wildman–Crippen LogP) is -2.69. The Morgan fingerprint density at radius 3 is 1.73 bits per heavy atom. The van der Waals surface area contributed by atoms with Crippen molar-refractivity contribution in [2.24, 2.45) is 14.1 Å². The molecule has 0 saturated heterocycles. The third-order valence-electron chi connectivity index (χ3n) is 0.901. The van der Waals surface area contributed by atoms with Gasteiger partial charge in [-0.05, 0) is 0 Å². The zero-order valence-corrected chi connectivity index (χ0v) is 6.23.